The molecule has 0 bridgehead atoms. The molecular formula is C14H23NO5. The Morgan fingerprint density at radius 1 is 1.45 bits per heavy atom. The third-order valence-electron chi connectivity index (χ3n) is 2.88. The molecule has 1 aliphatic rings. The number of piperidine rings is 1. The number of esters is 1. The zero-order chi connectivity index (χ0) is 15.3. The number of aliphatic hydroxyl groups is 1. The fourth-order valence-electron chi connectivity index (χ4n) is 1.95. The SMILES string of the molecule is C=CCOC(=O)C1CCN(C(=O)OC(C)(C)C)CC1O. The molecule has 0 aromatic rings. The summed E-state index contributed by atoms with van der Waals surface area (Å²) in [5, 5.41) is 9.98. The molecular weight excluding hydrogens is 262 g/mol. The highest BCUT2D eigenvalue weighted by Crippen LogP contribution is 2.21. The van der Waals surface area contributed by atoms with E-state index in [-0.39, 0.29) is 13.2 Å². The summed E-state index contributed by atoms with van der Waals surface area (Å²) >= 11 is 0. The van der Waals surface area contributed by atoms with Crippen molar-refractivity contribution >= 4 is 12.1 Å². The number of amides is 1. The summed E-state index contributed by atoms with van der Waals surface area (Å²) in [6, 6.07) is 0. The minimum atomic E-state index is -0.936. The fraction of sp³-hybridized carbons (Fsp3) is 0.714. The summed E-state index contributed by atoms with van der Waals surface area (Å²) in [5.74, 6) is -1.06. The highest BCUT2D eigenvalue weighted by molar-refractivity contribution is 5.74. The van der Waals surface area contributed by atoms with Gasteiger partial charge in [-0.25, -0.2) is 4.79 Å². The Labute approximate surface area is 119 Å². The second-order valence-electron chi connectivity index (χ2n) is 5.81. The van der Waals surface area contributed by atoms with Crippen LogP contribution in [0.25, 0.3) is 0 Å². The van der Waals surface area contributed by atoms with Crippen molar-refractivity contribution in [2.24, 2.45) is 5.92 Å². The number of likely N-dealkylation sites (tertiary alicyclic amines) is 1. The van der Waals surface area contributed by atoms with E-state index in [1.54, 1.807) is 20.8 Å². The van der Waals surface area contributed by atoms with Gasteiger partial charge in [0.05, 0.1) is 18.6 Å². The molecule has 1 fully saturated rings. The number of hydrogen-bond acceptors (Lipinski definition) is 5. The molecule has 2 unspecified atom stereocenters. The number of carbonyl (C=O) groups excluding carboxylic acids is 2. The Bertz CT molecular complexity index is 374. The zero-order valence-corrected chi connectivity index (χ0v) is 12.3. The molecule has 1 amide bonds. The van der Waals surface area contributed by atoms with Crippen LogP contribution in [-0.4, -0.2) is 53.5 Å². The van der Waals surface area contributed by atoms with Crippen LogP contribution in [0.5, 0.6) is 0 Å². The lowest BCUT2D eigenvalue weighted by Crippen LogP contribution is -2.50. The standard InChI is InChI=1S/C14H23NO5/c1-5-8-19-12(17)10-6-7-15(9-11(10)16)13(18)20-14(2,3)4/h5,10-11,16H,1,6-9H2,2-4H3. The van der Waals surface area contributed by atoms with Crippen LogP contribution >= 0.6 is 0 Å². The summed E-state index contributed by atoms with van der Waals surface area (Å²) < 4.78 is 10.2. The van der Waals surface area contributed by atoms with Crippen LogP contribution in [0.2, 0.25) is 0 Å². The van der Waals surface area contributed by atoms with Gasteiger partial charge in [0.1, 0.15) is 12.2 Å². The van der Waals surface area contributed by atoms with Gasteiger partial charge >= 0.3 is 12.1 Å². The van der Waals surface area contributed by atoms with E-state index in [1.165, 1.54) is 11.0 Å². The average molecular weight is 285 g/mol. The number of nitrogens with zero attached hydrogens (tertiary/aromatic N) is 1. The third-order valence-corrected chi connectivity index (χ3v) is 2.88. The normalized spacial score (nSPS) is 23.1. The van der Waals surface area contributed by atoms with Gasteiger partial charge in [0.15, 0.2) is 0 Å². The summed E-state index contributed by atoms with van der Waals surface area (Å²) in [5.41, 5.74) is -0.582. The van der Waals surface area contributed by atoms with Gasteiger partial charge in [-0.15, -0.1) is 0 Å². The van der Waals surface area contributed by atoms with Crippen molar-refractivity contribution in [2.75, 3.05) is 19.7 Å². The maximum atomic E-state index is 11.9. The third kappa shape index (κ3) is 4.85. The van der Waals surface area contributed by atoms with Crippen molar-refractivity contribution in [3.05, 3.63) is 12.7 Å². The molecule has 0 saturated carbocycles. The number of β-amino-alcohol motifs (C(OH)–C–C–N with tert-alkyl or cyclic N) is 1. The monoisotopic (exact) mass is 285 g/mol. The molecule has 1 rings (SSSR count). The van der Waals surface area contributed by atoms with Crippen molar-refractivity contribution in [1.82, 2.24) is 4.90 Å². The molecule has 1 saturated heterocycles. The molecule has 20 heavy (non-hydrogen) atoms. The molecule has 2 atom stereocenters. The topological polar surface area (TPSA) is 76.1 Å². The second-order valence-corrected chi connectivity index (χ2v) is 5.81. The summed E-state index contributed by atoms with van der Waals surface area (Å²) in [4.78, 5) is 25.0. The van der Waals surface area contributed by atoms with E-state index in [0.717, 1.165) is 0 Å². The van der Waals surface area contributed by atoms with Crippen LogP contribution in [0.15, 0.2) is 12.7 Å². The molecule has 1 aliphatic heterocycles. The molecule has 0 radical (unpaired) electrons. The van der Waals surface area contributed by atoms with E-state index in [0.29, 0.717) is 13.0 Å². The number of ether oxygens (including phenoxy) is 2. The van der Waals surface area contributed by atoms with E-state index >= 15 is 0 Å². The molecule has 6 heteroatoms. The van der Waals surface area contributed by atoms with Gasteiger partial charge in [-0.1, -0.05) is 12.7 Å². The molecule has 0 aromatic carbocycles. The van der Waals surface area contributed by atoms with E-state index in [2.05, 4.69) is 6.58 Å². The summed E-state index contributed by atoms with van der Waals surface area (Å²) in [6.07, 6.45) is 0.416. The van der Waals surface area contributed by atoms with E-state index < -0.39 is 29.7 Å². The predicted octanol–water partition coefficient (Wildman–Crippen LogP) is 1.33. The predicted molar refractivity (Wildman–Crippen MR) is 73.1 cm³/mol. The lowest BCUT2D eigenvalue weighted by atomic mass is 9.94. The molecule has 0 aromatic heterocycles. The molecule has 1 heterocycles. The highest BCUT2D eigenvalue weighted by atomic mass is 16.6. The maximum absolute atomic E-state index is 11.9. The van der Waals surface area contributed by atoms with Crippen molar-refractivity contribution in [3.8, 4) is 0 Å². The first-order valence-electron chi connectivity index (χ1n) is 6.68. The largest absolute Gasteiger partial charge is 0.461 e. The molecule has 114 valence electrons. The van der Waals surface area contributed by atoms with E-state index in [4.69, 9.17) is 9.47 Å². The first kappa shape index (κ1) is 16.5. The van der Waals surface area contributed by atoms with Crippen LogP contribution in [0.3, 0.4) is 0 Å². The Hall–Kier alpha value is -1.56. The molecule has 0 aliphatic carbocycles. The van der Waals surface area contributed by atoms with Gasteiger partial charge in [0, 0.05) is 6.54 Å². The number of rotatable bonds is 3. The average Bonchev–Trinajstić information content (AvgIpc) is 2.33. The number of carbonyl (C=O) groups is 2. The van der Waals surface area contributed by atoms with Gasteiger partial charge in [-0.3, -0.25) is 4.79 Å². The number of hydrogen-bond donors (Lipinski definition) is 1. The van der Waals surface area contributed by atoms with Crippen LogP contribution in [0.1, 0.15) is 27.2 Å². The quantitative estimate of drug-likeness (QED) is 0.625. The van der Waals surface area contributed by atoms with Gasteiger partial charge in [-0.2, -0.15) is 0 Å². The van der Waals surface area contributed by atoms with E-state index in [9.17, 15) is 14.7 Å². The zero-order valence-electron chi connectivity index (χ0n) is 12.3. The first-order chi connectivity index (χ1) is 9.24. The van der Waals surface area contributed by atoms with Crippen molar-refractivity contribution in [2.45, 2.75) is 38.9 Å². The van der Waals surface area contributed by atoms with Crippen LogP contribution in [0, 0.1) is 5.92 Å². The Morgan fingerprint density at radius 3 is 2.60 bits per heavy atom. The fourth-order valence-corrected chi connectivity index (χ4v) is 1.95. The smallest absolute Gasteiger partial charge is 0.410 e. The Balaban J connectivity index is 2.52. The first-order valence-corrected chi connectivity index (χ1v) is 6.68. The summed E-state index contributed by atoms with van der Waals surface area (Å²) in [6.45, 7) is 9.35. The van der Waals surface area contributed by atoms with Gasteiger partial charge in [0.2, 0.25) is 0 Å². The maximum Gasteiger partial charge on any atom is 0.410 e. The minimum Gasteiger partial charge on any atom is -0.461 e. The van der Waals surface area contributed by atoms with Crippen LogP contribution in [-0.2, 0) is 14.3 Å². The van der Waals surface area contributed by atoms with Crippen molar-refractivity contribution < 1.29 is 24.2 Å². The van der Waals surface area contributed by atoms with Gasteiger partial charge in [-0.05, 0) is 27.2 Å². The van der Waals surface area contributed by atoms with E-state index in [1.807, 2.05) is 0 Å². The second kappa shape index (κ2) is 6.74. The molecule has 1 N–H and O–H groups in total. The highest BCUT2D eigenvalue weighted by Gasteiger charge is 2.36. The number of aliphatic hydroxyl groups excluding tert-OH is 1. The lowest BCUT2D eigenvalue weighted by molar-refractivity contribution is -0.154. The van der Waals surface area contributed by atoms with Crippen molar-refractivity contribution in [3.63, 3.8) is 0 Å². The Morgan fingerprint density at radius 2 is 2.10 bits per heavy atom. The lowest BCUT2D eigenvalue weighted by Gasteiger charge is -2.35. The van der Waals surface area contributed by atoms with Crippen LogP contribution < -0.4 is 0 Å². The van der Waals surface area contributed by atoms with Gasteiger partial charge in [0.25, 0.3) is 0 Å². The summed E-state index contributed by atoms with van der Waals surface area (Å²) in [7, 11) is 0. The molecule has 6 nitrogen and oxygen atoms in total. The Kier molecular flexibility index (Phi) is 5.56. The van der Waals surface area contributed by atoms with Crippen molar-refractivity contribution in [1.29, 1.82) is 0 Å². The van der Waals surface area contributed by atoms with Crippen LogP contribution in [0.4, 0.5) is 4.79 Å². The minimum absolute atomic E-state index is 0.0722. The van der Waals surface area contributed by atoms with Gasteiger partial charge < -0.3 is 19.5 Å². The molecule has 0 spiro atoms.